The summed E-state index contributed by atoms with van der Waals surface area (Å²) >= 11 is 6.23. The number of likely N-dealkylation sites (N-methyl/N-ethyl adjacent to an activating group) is 1. The number of alkyl halides is 2. The molecule has 5 rings (SSSR count). The van der Waals surface area contributed by atoms with Crippen molar-refractivity contribution in [1.82, 2.24) is 24.0 Å². The molecular formula is C22H22ClF2N5O3. The van der Waals surface area contributed by atoms with Gasteiger partial charge in [-0.3, -0.25) is 14.3 Å². The predicted octanol–water partition coefficient (Wildman–Crippen LogP) is 3.29. The fourth-order valence-electron chi connectivity index (χ4n) is 4.33. The van der Waals surface area contributed by atoms with Crippen molar-refractivity contribution in [3.05, 3.63) is 58.6 Å². The van der Waals surface area contributed by atoms with Gasteiger partial charge in [0.05, 0.1) is 58.8 Å². The molecule has 1 aliphatic carbocycles. The number of carbonyl (C=O) groups is 2. The van der Waals surface area contributed by atoms with Crippen molar-refractivity contribution in [2.24, 2.45) is 0 Å². The predicted molar refractivity (Wildman–Crippen MR) is 115 cm³/mol. The van der Waals surface area contributed by atoms with Crippen molar-refractivity contribution < 1.29 is 23.1 Å². The summed E-state index contributed by atoms with van der Waals surface area (Å²) in [6.07, 6.45) is 6.23. The molecule has 33 heavy (non-hydrogen) atoms. The standard InChI is InChI=1S/C22H22ClF2N5O3/c1-27(22(4-5-22)13-33-21(24)25)20(32)15-10-26-30-8-7-29(12-18(15)30)19(31)14-9-17-16(23)3-2-6-28(17)11-14/h2-3,6,9-11,21H,4-5,7-8,12-13H2,1H3. The van der Waals surface area contributed by atoms with Crippen LogP contribution in [0.15, 0.2) is 36.8 Å². The molecule has 0 radical (unpaired) electrons. The number of carbonyl (C=O) groups excluding carboxylic acids is 2. The van der Waals surface area contributed by atoms with E-state index >= 15 is 0 Å². The molecular weight excluding hydrogens is 456 g/mol. The van der Waals surface area contributed by atoms with E-state index < -0.39 is 12.2 Å². The molecule has 3 aromatic heterocycles. The number of pyridine rings is 1. The molecule has 0 N–H and O–H groups in total. The Hall–Kier alpha value is -2.98. The van der Waals surface area contributed by atoms with E-state index in [4.69, 9.17) is 11.6 Å². The van der Waals surface area contributed by atoms with Crippen molar-refractivity contribution in [3.63, 3.8) is 0 Å². The summed E-state index contributed by atoms with van der Waals surface area (Å²) in [6, 6.07) is 5.31. The fraction of sp³-hybridized carbons (Fsp3) is 0.409. The highest BCUT2D eigenvalue weighted by Gasteiger charge is 2.50. The topological polar surface area (TPSA) is 72.1 Å². The Morgan fingerprint density at radius 1 is 1.33 bits per heavy atom. The lowest BCUT2D eigenvalue weighted by Gasteiger charge is -2.30. The van der Waals surface area contributed by atoms with E-state index in [-0.39, 0.29) is 25.0 Å². The Morgan fingerprint density at radius 2 is 2.12 bits per heavy atom. The van der Waals surface area contributed by atoms with Gasteiger partial charge in [-0.2, -0.15) is 13.9 Å². The first-order valence-corrected chi connectivity index (χ1v) is 10.9. The van der Waals surface area contributed by atoms with Gasteiger partial charge in [-0.15, -0.1) is 0 Å². The zero-order chi connectivity index (χ0) is 23.3. The highest BCUT2D eigenvalue weighted by Crippen LogP contribution is 2.42. The summed E-state index contributed by atoms with van der Waals surface area (Å²) in [7, 11) is 1.59. The molecule has 2 aliphatic rings. The molecule has 2 amide bonds. The van der Waals surface area contributed by atoms with E-state index in [1.54, 1.807) is 45.4 Å². The second-order valence-corrected chi connectivity index (χ2v) is 8.90. The third kappa shape index (κ3) is 3.87. The number of hydrogen-bond acceptors (Lipinski definition) is 4. The minimum absolute atomic E-state index is 0.169. The summed E-state index contributed by atoms with van der Waals surface area (Å²) in [5.74, 6) is -0.486. The second kappa shape index (κ2) is 8.11. The highest BCUT2D eigenvalue weighted by atomic mass is 35.5. The smallest absolute Gasteiger partial charge is 0.334 e. The van der Waals surface area contributed by atoms with Gasteiger partial charge in [0.2, 0.25) is 0 Å². The molecule has 11 heteroatoms. The Kier molecular flexibility index (Phi) is 5.37. The molecule has 0 unspecified atom stereocenters. The highest BCUT2D eigenvalue weighted by molar-refractivity contribution is 6.33. The number of nitrogens with zero attached hydrogens (tertiary/aromatic N) is 5. The Balaban J connectivity index is 1.35. The molecule has 3 aromatic rings. The normalized spacial score (nSPS) is 16.8. The van der Waals surface area contributed by atoms with Crippen LogP contribution in [0.3, 0.4) is 0 Å². The Morgan fingerprint density at radius 3 is 2.82 bits per heavy atom. The van der Waals surface area contributed by atoms with E-state index in [1.165, 1.54) is 11.1 Å². The fourth-order valence-corrected chi connectivity index (χ4v) is 4.56. The molecule has 8 nitrogen and oxygen atoms in total. The van der Waals surface area contributed by atoms with Crippen LogP contribution in [0.4, 0.5) is 8.78 Å². The first-order chi connectivity index (χ1) is 15.8. The SMILES string of the molecule is CN(C(=O)c1cnn2c1CN(C(=O)c1cc3c(Cl)cccn3c1)CC2)C1(COC(F)F)CC1. The van der Waals surface area contributed by atoms with E-state index in [0.29, 0.717) is 47.8 Å². The summed E-state index contributed by atoms with van der Waals surface area (Å²) in [6.45, 7) is -1.98. The van der Waals surface area contributed by atoms with Gasteiger partial charge in [0.15, 0.2) is 0 Å². The average molecular weight is 478 g/mol. The monoisotopic (exact) mass is 477 g/mol. The molecule has 1 aliphatic heterocycles. The maximum Gasteiger partial charge on any atom is 0.345 e. The minimum atomic E-state index is -2.88. The summed E-state index contributed by atoms with van der Waals surface area (Å²) in [5, 5.41) is 4.86. The largest absolute Gasteiger partial charge is 0.345 e. The number of amides is 2. The van der Waals surface area contributed by atoms with Crippen molar-refractivity contribution >= 4 is 28.9 Å². The Bertz CT molecular complexity index is 1240. The molecule has 0 aromatic carbocycles. The van der Waals surface area contributed by atoms with Crippen LogP contribution in [0.5, 0.6) is 0 Å². The summed E-state index contributed by atoms with van der Waals surface area (Å²) in [4.78, 5) is 29.6. The number of hydrogen-bond donors (Lipinski definition) is 0. The molecule has 1 saturated carbocycles. The summed E-state index contributed by atoms with van der Waals surface area (Å²) < 4.78 is 33.0. The van der Waals surface area contributed by atoms with E-state index in [9.17, 15) is 18.4 Å². The van der Waals surface area contributed by atoms with Crippen LogP contribution < -0.4 is 0 Å². The van der Waals surface area contributed by atoms with E-state index in [2.05, 4.69) is 9.84 Å². The van der Waals surface area contributed by atoms with Crippen molar-refractivity contribution in [2.75, 3.05) is 20.2 Å². The molecule has 0 saturated heterocycles. The van der Waals surface area contributed by atoms with E-state index in [1.807, 2.05) is 6.20 Å². The molecule has 174 valence electrons. The van der Waals surface area contributed by atoms with Gasteiger partial charge in [-0.25, -0.2) is 0 Å². The lowest BCUT2D eigenvalue weighted by atomic mass is 10.1. The maximum absolute atomic E-state index is 13.2. The lowest BCUT2D eigenvalue weighted by molar-refractivity contribution is -0.141. The number of ether oxygens (including phenoxy) is 1. The summed E-state index contributed by atoms with van der Waals surface area (Å²) in [5.41, 5.74) is 1.51. The van der Waals surface area contributed by atoms with Gasteiger partial charge in [0, 0.05) is 26.0 Å². The van der Waals surface area contributed by atoms with Gasteiger partial charge in [0.25, 0.3) is 11.8 Å². The van der Waals surface area contributed by atoms with Crippen LogP contribution >= 0.6 is 11.6 Å². The van der Waals surface area contributed by atoms with Crippen LogP contribution in [-0.4, -0.2) is 68.1 Å². The number of halogens is 3. The van der Waals surface area contributed by atoms with Crippen LogP contribution in [0.25, 0.3) is 5.52 Å². The number of aromatic nitrogens is 3. The lowest BCUT2D eigenvalue weighted by Crippen LogP contribution is -2.44. The minimum Gasteiger partial charge on any atom is -0.334 e. The van der Waals surface area contributed by atoms with Gasteiger partial charge in [0.1, 0.15) is 0 Å². The van der Waals surface area contributed by atoms with Crippen LogP contribution in [0, 0.1) is 0 Å². The van der Waals surface area contributed by atoms with Gasteiger partial charge in [-0.1, -0.05) is 11.6 Å². The van der Waals surface area contributed by atoms with Gasteiger partial charge >= 0.3 is 6.61 Å². The maximum atomic E-state index is 13.2. The average Bonchev–Trinajstić information content (AvgIpc) is 3.27. The van der Waals surface area contributed by atoms with Crippen molar-refractivity contribution in [1.29, 1.82) is 0 Å². The molecule has 1 fully saturated rings. The quantitative estimate of drug-likeness (QED) is 0.546. The van der Waals surface area contributed by atoms with Crippen LogP contribution in [0.1, 0.15) is 39.3 Å². The van der Waals surface area contributed by atoms with Crippen molar-refractivity contribution in [3.8, 4) is 0 Å². The zero-order valence-corrected chi connectivity index (χ0v) is 18.6. The number of rotatable bonds is 6. The van der Waals surface area contributed by atoms with Crippen LogP contribution in [0.2, 0.25) is 5.02 Å². The first kappa shape index (κ1) is 21.8. The van der Waals surface area contributed by atoms with Crippen LogP contribution in [-0.2, 0) is 17.8 Å². The second-order valence-electron chi connectivity index (χ2n) is 8.49. The molecule has 0 atom stereocenters. The van der Waals surface area contributed by atoms with Crippen molar-refractivity contribution in [2.45, 2.75) is 38.1 Å². The Labute approximate surface area is 193 Å². The third-order valence-electron chi connectivity index (χ3n) is 6.54. The molecule has 4 heterocycles. The first-order valence-electron chi connectivity index (χ1n) is 10.6. The number of fused-ring (bicyclic) bond motifs is 2. The van der Waals surface area contributed by atoms with Gasteiger partial charge in [-0.05, 0) is 31.0 Å². The van der Waals surface area contributed by atoms with Gasteiger partial charge < -0.3 is 18.9 Å². The third-order valence-corrected chi connectivity index (χ3v) is 6.86. The van der Waals surface area contributed by atoms with E-state index in [0.717, 1.165) is 5.52 Å². The zero-order valence-electron chi connectivity index (χ0n) is 17.9. The molecule has 0 spiro atoms. The molecule has 0 bridgehead atoms.